The molecule has 0 heterocycles. The number of fused-ring (bicyclic) bond motifs is 1. The molecule has 0 saturated heterocycles. The Morgan fingerprint density at radius 2 is 1.69 bits per heavy atom. The molecule has 3 aromatic carbocycles. The van der Waals surface area contributed by atoms with Gasteiger partial charge in [-0.2, -0.15) is 0 Å². The molecule has 0 amide bonds. The lowest BCUT2D eigenvalue weighted by Gasteiger charge is -2.33. The molecule has 32 heavy (non-hydrogen) atoms. The summed E-state index contributed by atoms with van der Waals surface area (Å²) < 4.78 is 0. The summed E-state index contributed by atoms with van der Waals surface area (Å²) in [7, 11) is 0. The fourth-order valence-corrected chi connectivity index (χ4v) is 4.04. The maximum Gasteiger partial charge on any atom is 0.335 e. The van der Waals surface area contributed by atoms with E-state index in [1.165, 1.54) is 40.0 Å². The van der Waals surface area contributed by atoms with Gasteiger partial charge in [-0.3, -0.25) is 0 Å². The summed E-state index contributed by atoms with van der Waals surface area (Å²) in [4.78, 5) is 11.0. The molecule has 3 nitrogen and oxygen atoms in total. The Morgan fingerprint density at radius 3 is 2.34 bits per heavy atom. The number of benzene rings is 3. The van der Waals surface area contributed by atoms with Crippen LogP contribution in [0.1, 0.15) is 70.1 Å². The summed E-state index contributed by atoms with van der Waals surface area (Å²) >= 11 is 0. The fourth-order valence-electron chi connectivity index (χ4n) is 4.04. The zero-order chi connectivity index (χ0) is 22.9. The van der Waals surface area contributed by atoms with Gasteiger partial charge in [0.1, 0.15) is 6.10 Å². The van der Waals surface area contributed by atoms with Crippen LogP contribution in [0, 0.1) is 18.8 Å². The molecule has 0 unspecified atom stereocenters. The number of carbonyl (C=O) groups is 1. The molecule has 0 fully saturated rings. The SMILES string of the molecule is Cc1ccc(C2=CCC(C)(C)c3cc([C@H](O)C#Cc4ccc(C(=O)O)cc4)ccc32)cc1. The number of allylic oxidation sites excluding steroid dienone is 1. The van der Waals surface area contributed by atoms with Crippen LogP contribution in [0.2, 0.25) is 0 Å². The van der Waals surface area contributed by atoms with Gasteiger partial charge in [-0.1, -0.05) is 79.8 Å². The average molecular weight is 423 g/mol. The number of carboxylic acids is 1. The number of aliphatic hydroxyl groups excluding tert-OH is 1. The number of aryl methyl sites for hydroxylation is 1. The first-order chi connectivity index (χ1) is 15.2. The highest BCUT2D eigenvalue weighted by Gasteiger charge is 2.29. The standard InChI is InChI=1S/C29H26O3/c1-19-4-9-21(10-5-19)24-16-17-29(2,3)26-18-23(13-14-25(24)26)27(30)15-8-20-6-11-22(12-7-20)28(31)32/h4-7,9-14,16,18,27,30H,17H2,1-3H3,(H,31,32)/t27-/m1/s1. The van der Waals surface area contributed by atoms with Gasteiger partial charge < -0.3 is 10.2 Å². The summed E-state index contributed by atoms with van der Waals surface area (Å²) in [6.07, 6.45) is 2.30. The van der Waals surface area contributed by atoms with E-state index in [0.29, 0.717) is 5.56 Å². The van der Waals surface area contributed by atoms with Gasteiger partial charge in [0.15, 0.2) is 0 Å². The van der Waals surface area contributed by atoms with Crippen LogP contribution in [0.15, 0.2) is 72.8 Å². The molecule has 4 rings (SSSR count). The first kappa shape index (κ1) is 21.6. The van der Waals surface area contributed by atoms with Crippen LogP contribution in [0.25, 0.3) is 5.57 Å². The van der Waals surface area contributed by atoms with E-state index in [1.807, 2.05) is 6.07 Å². The van der Waals surface area contributed by atoms with Gasteiger partial charge in [0, 0.05) is 5.56 Å². The van der Waals surface area contributed by atoms with Crippen LogP contribution in [0.5, 0.6) is 0 Å². The van der Waals surface area contributed by atoms with E-state index >= 15 is 0 Å². The number of aliphatic hydroxyl groups is 1. The quantitative estimate of drug-likeness (QED) is 0.517. The third-order valence-electron chi connectivity index (χ3n) is 6.04. The van der Waals surface area contributed by atoms with E-state index in [0.717, 1.165) is 12.0 Å². The molecule has 0 saturated carbocycles. The first-order valence-electron chi connectivity index (χ1n) is 10.7. The van der Waals surface area contributed by atoms with Gasteiger partial charge in [0.25, 0.3) is 0 Å². The summed E-state index contributed by atoms with van der Waals surface area (Å²) in [6, 6.07) is 21.0. The maximum absolute atomic E-state index is 11.0. The molecule has 1 aliphatic rings. The van der Waals surface area contributed by atoms with E-state index in [-0.39, 0.29) is 11.0 Å². The first-order valence-corrected chi connectivity index (χ1v) is 10.7. The van der Waals surface area contributed by atoms with Gasteiger partial charge in [-0.25, -0.2) is 4.79 Å². The van der Waals surface area contributed by atoms with Crippen molar-refractivity contribution in [3.8, 4) is 11.8 Å². The monoisotopic (exact) mass is 422 g/mol. The molecule has 1 aliphatic carbocycles. The molecule has 0 radical (unpaired) electrons. The molecule has 0 aromatic heterocycles. The summed E-state index contributed by atoms with van der Waals surface area (Å²) in [5.74, 6) is 4.86. The van der Waals surface area contributed by atoms with E-state index in [9.17, 15) is 9.90 Å². The number of carboxylic acid groups (broad SMARTS) is 1. The second-order valence-corrected chi connectivity index (χ2v) is 8.93. The third-order valence-corrected chi connectivity index (χ3v) is 6.04. The second-order valence-electron chi connectivity index (χ2n) is 8.93. The number of rotatable bonds is 3. The Labute approximate surface area is 189 Å². The van der Waals surface area contributed by atoms with Gasteiger partial charge >= 0.3 is 5.97 Å². The van der Waals surface area contributed by atoms with Crippen molar-refractivity contribution >= 4 is 11.5 Å². The smallest absolute Gasteiger partial charge is 0.335 e. The summed E-state index contributed by atoms with van der Waals surface area (Å²) in [6.45, 7) is 6.53. The normalized spacial score (nSPS) is 15.1. The summed E-state index contributed by atoms with van der Waals surface area (Å²) in [5, 5.41) is 19.7. The molecule has 160 valence electrons. The predicted molar refractivity (Wildman–Crippen MR) is 128 cm³/mol. The van der Waals surface area contributed by atoms with E-state index in [4.69, 9.17) is 5.11 Å². The molecule has 3 heteroatoms. The second kappa shape index (κ2) is 8.49. The van der Waals surface area contributed by atoms with Crippen LogP contribution in [0.3, 0.4) is 0 Å². The van der Waals surface area contributed by atoms with Crippen LogP contribution in [0.4, 0.5) is 0 Å². The molecule has 0 bridgehead atoms. The third kappa shape index (κ3) is 4.37. The molecule has 2 N–H and O–H groups in total. The van der Waals surface area contributed by atoms with Crippen LogP contribution in [-0.2, 0) is 5.41 Å². The van der Waals surface area contributed by atoms with Gasteiger partial charge in [-0.05, 0) is 70.9 Å². The highest BCUT2D eigenvalue weighted by molar-refractivity contribution is 5.87. The molecule has 3 aromatic rings. The Hall–Kier alpha value is -3.61. The Balaban J connectivity index is 1.64. The van der Waals surface area contributed by atoms with Crippen molar-refractivity contribution in [1.82, 2.24) is 0 Å². The molecular weight excluding hydrogens is 396 g/mol. The highest BCUT2D eigenvalue weighted by Crippen LogP contribution is 2.42. The van der Waals surface area contributed by atoms with E-state index < -0.39 is 12.1 Å². The molecule has 0 spiro atoms. The van der Waals surface area contributed by atoms with Crippen LogP contribution >= 0.6 is 0 Å². The summed E-state index contributed by atoms with van der Waals surface area (Å²) in [5.41, 5.74) is 7.66. The average Bonchev–Trinajstić information content (AvgIpc) is 2.78. The van der Waals surface area contributed by atoms with Crippen molar-refractivity contribution in [3.05, 3.63) is 112 Å². The number of hydrogen-bond acceptors (Lipinski definition) is 2. The lowest BCUT2D eigenvalue weighted by atomic mass is 9.71. The Bertz CT molecular complexity index is 1250. The minimum absolute atomic E-state index is 0.0423. The van der Waals surface area contributed by atoms with Crippen molar-refractivity contribution in [2.45, 2.75) is 38.7 Å². The predicted octanol–water partition coefficient (Wildman–Crippen LogP) is 5.89. The van der Waals surface area contributed by atoms with Gasteiger partial charge in [0.2, 0.25) is 0 Å². The molecular formula is C29H26O3. The molecule has 0 aliphatic heterocycles. The lowest BCUT2D eigenvalue weighted by molar-refractivity contribution is 0.0697. The number of aromatic carboxylic acids is 1. The number of hydrogen-bond donors (Lipinski definition) is 2. The fraction of sp³-hybridized carbons (Fsp3) is 0.207. The van der Waals surface area contributed by atoms with Crippen LogP contribution < -0.4 is 0 Å². The van der Waals surface area contributed by atoms with Crippen LogP contribution in [-0.4, -0.2) is 16.2 Å². The molecule has 1 atom stereocenters. The zero-order valence-corrected chi connectivity index (χ0v) is 18.5. The van der Waals surface area contributed by atoms with E-state index in [2.05, 4.69) is 75.1 Å². The van der Waals surface area contributed by atoms with Crippen molar-refractivity contribution in [2.75, 3.05) is 0 Å². The lowest BCUT2D eigenvalue weighted by Crippen LogP contribution is -2.22. The van der Waals surface area contributed by atoms with Crippen molar-refractivity contribution in [3.63, 3.8) is 0 Å². The maximum atomic E-state index is 11.0. The zero-order valence-electron chi connectivity index (χ0n) is 18.5. The Morgan fingerprint density at radius 1 is 1.00 bits per heavy atom. The largest absolute Gasteiger partial charge is 0.478 e. The van der Waals surface area contributed by atoms with Gasteiger partial charge in [-0.15, -0.1) is 0 Å². The van der Waals surface area contributed by atoms with E-state index in [1.54, 1.807) is 12.1 Å². The van der Waals surface area contributed by atoms with Crippen molar-refractivity contribution < 1.29 is 15.0 Å². The minimum atomic E-state index is -0.972. The minimum Gasteiger partial charge on any atom is -0.478 e. The van der Waals surface area contributed by atoms with Crippen molar-refractivity contribution in [2.24, 2.45) is 0 Å². The topological polar surface area (TPSA) is 57.5 Å². The highest BCUT2D eigenvalue weighted by atomic mass is 16.4. The Kier molecular flexibility index (Phi) is 5.74. The van der Waals surface area contributed by atoms with Crippen molar-refractivity contribution in [1.29, 1.82) is 0 Å². The van der Waals surface area contributed by atoms with Gasteiger partial charge in [0.05, 0.1) is 5.56 Å².